The summed E-state index contributed by atoms with van der Waals surface area (Å²) in [6.45, 7) is 5.49. The topological polar surface area (TPSA) is 78.4 Å². The van der Waals surface area contributed by atoms with Gasteiger partial charge in [0.25, 0.3) is 0 Å². The van der Waals surface area contributed by atoms with E-state index in [9.17, 15) is 13.5 Å². The average Bonchev–Trinajstić information content (AvgIpc) is 3.11. The Labute approximate surface area is 180 Å². The molecule has 0 fully saturated rings. The van der Waals surface area contributed by atoms with Crippen LogP contribution in [-0.4, -0.2) is 19.1 Å². The number of phenols is 1. The van der Waals surface area contributed by atoms with Gasteiger partial charge >= 0.3 is 0 Å². The van der Waals surface area contributed by atoms with Gasteiger partial charge in [0.1, 0.15) is 5.75 Å². The maximum Gasteiger partial charge on any atom is 0.241 e. The molecule has 0 amide bonds. The number of rotatable bonds is 3. The lowest BCUT2D eigenvalue weighted by Crippen LogP contribution is -2.40. The summed E-state index contributed by atoms with van der Waals surface area (Å²) < 4.78 is 29.2. The van der Waals surface area contributed by atoms with Gasteiger partial charge in [-0.1, -0.05) is 28.1 Å². The molecule has 29 heavy (non-hydrogen) atoms. The van der Waals surface area contributed by atoms with Crippen LogP contribution in [0.4, 0.5) is 5.69 Å². The molecule has 2 aromatic carbocycles. The molecule has 1 heterocycles. The van der Waals surface area contributed by atoms with Crippen molar-refractivity contribution in [3.63, 3.8) is 0 Å². The molecule has 7 heteroatoms. The standard InChI is InChI=1S/C22H25BrN2O3S/c1-22(2,3)25-29(27,28)14-8-9-19-17(12-14)15-5-4-6-16(15)21(24-19)18-11-13(23)7-10-20(18)26/h4-5,7-12,15-16,21,24-26H,6H2,1-3H3. The minimum Gasteiger partial charge on any atom is -0.508 e. The van der Waals surface area contributed by atoms with E-state index in [1.807, 2.05) is 39.0 Å². The third-order valence-electron chi connectivity index (χ3n) is 5.41. The molecule has 0 radical (unpaired) electrons. The van der Waals surface area contributed by atoms with E-state index in [2.05, 4.69) is 38.1 Å². The maximum absolute atomic E-state index is 12.8. The van der Waals surface area contributed by atoms with Gasteiger partial charge < -0.3 is 10.4 Å². The first-order chi connectivity index (χ1) is 13.5. The highest BCUT2D eigenvalue weighted by Crippen LogP contribution is 2.51. The second kappa shape index (κ2) is 7.15. The van der Waals surface area contributed by atoms with Crippen molar-refractivity contribution in [2.75, 3.05) is 5.32 Å². The van der Waals surface area contributed by atoms with Crippen molar-refractivity contribution in [3.8, 4) is 5.75 Å². The predicted molar refractivity (Wildman–Crippen MR) is 119 cm³/mol. The third-order valence-corrected chi connectivity index (χ3v) is 7.66. The SMILES string of the molecule is CC(C)(C)NS(=O)(=O)c1ccc2c(c1)C1C=CCC1C(c1cc(Br)ccc1O)N2. The summed E-state index contributed by atoms with van der Waals surface area (Å²) in [4.78, 5) is 0.274. The van der Waals surface area contributed by atoms with E-state index < -0.39 is 15.6 Å². The number of hydrogen-bond donors (Lipinski definition) is 3. The molecule has 3 unspecified atom stereocenters. The van der Waals surface area contributed by atoms with Gasteiger partial charge in [-0.3, -0.25) is 0 Å². The number of aromatic hydroxyl groups is 1. The van der Waals surface area contributed by atoms with E-state index in [0.717, 1.165) is 27.7 Å². The van der Waals surface area contributed by atoms with Crippen LogP contribution >= 0.6 is 15.9 Å². The normalized spacial score (nSPS) is 23.4. The maximum atomic E-state index is 12.8. The summed E-state index contributed by atoms with van der Waals surface area (Å²) >= 11 is 3.49. The molecule has 0 saturated carbocycles. The number of fused-ring (bicyclic) bond motifs is 3. The molecule has 154 valence electrons. The van der Waals surface area contributed by atoms with E-state index in [-0.39, 0.29) is 28.5 Å². The molecule has 1 aliphatic heterocycles. The first-order valence-electron chi connectivity index (χ1n) is 9.65. The van der Waals surface area contributed by atoms with E-state index in [1.165, 1.54) is 0 Å². The first kappa shape index (κ1) is 20.4. The van der Waals surface area contributed by atoms with Crippen LogP contribution in [0.1, 0.15) is 50.3 Å². The molecule has 3 N–H and O–H groups in total. The third kappa shape index (κ3) is 3.96. The van der Waals surface area contributed by atoms with Crippen molar-refractivity contribution in [1.82, 2.24) is 4.72 Å². The van der Waals surface area contributed by atoms with Gasteiger partial charge in [0, 0.05) is 27.2 Å². The zero-order chi connectivity index (χ0) is 21.0. The molecule has 0 bridgehead atoms. The Bertz CT molecular complexity index is 1090. The number of hydrogen-bond acceptors (Lipinski definition) is 4. The fourth-order valence-corrected chi connectivity index (χ4v) is 6.12. The lowest BCUT2D eigenvalue weighted by atomic mass is 9.77. The smallest absolute Gasteiger partial charge is 0.241 e. The summed E-state index contributed by atoms with van der Waals surface area (Å²) in [6.07, 6.45) is 5.16. The Morgan fingerprint density at radius 2 is 1.90 bits per heavy atom. The zero-order valence-electron chi connectivity index (χ0n) is 16.6. The molecule has 4 rings (SSSR count). The van der Waals surface area contributed by atoms with E-state index in [1.54, 1.807) is 18.2 Å². The van der Waals surface area contributed by atoms with Gasteiger partial charge in [-0.25, -0.2) is 13.1 Å². The lowest BCUT2D eigenvalue weighted by molar-refractivity contribution is 0.402. The van der Waals surface area contributed by atoms with Crippen LogP contribution in [0.25, 0.3) is 0 Å². The second-order valence-electron chi connectivity index (χ2n) is 8.78. The van der Waals surface area contributed by atoms with E-state index in [4.69, 9.17) is 0 Å². The molecule has 0 aromatic heterocycles. The van der Waals surface area contributed by atoms with Crippen molar-refractivity contribution in [1.29, 1.82) is 0 Å². The molecule has 1 aliphatic carbocycles. The van der Waals surface area contributed by atoms with Crippen LogP contribution in [0.5, 0.6) is 5.75 Å². The molecule has 0 saturated heterocycles. The van der Waals surface area contributed by atoms with Crippen LogP contribution in [0.2, 0.25) is 0 Å². The fourth-order valence-electron chi connectivity index (χ4n) is 4.28. The van der Waals surface area contributed by atoms with Crippen LogP contribution in [0.15, 0.2) is 57.9 Å². The van der Waals surface area contributed by atoms with Crippen LogP contribution in [-0.2, 0) is 10.0 Å². The Kier molecular flexibility index (Phi) is 5.04. The van der Waals surface area contributed by atoms with E-state index in [0.29, 0.717) is 0 Å². The molecule has 0 spiro atoms. The molecule has 3 atom stereocenters. The number of anilines is 1. The minimum absolute atomic E-state index is 0.0600. The number of nitrogens with one attached hydrogen (secondary N) is 2. The average molecular weight is 477 g/mol. The Balaban J connectivity index is 1.75. The van der Waals surface area contributed by atoms with Gasteiger partial charge in [0.15, 0.2) is 0 Å². The van der Waals surface area contributed by atoms with Crippen molar-refractivity contribution in [2.45, 2.75) is 49.6 Å². The van der Waals surface area contributed by atoms with Crippen molar-refractivity contribution in [3.05, 3.63) is 64.1 Å². The van der Waals surface area contributed by atoms with Crippen LogP contribution < -0.4 is 10.0 Å². The molecule has 5 nitrogen and oxygen atoms in total. The number of allylic oxidation sites excluding steroid dienone is 2. The number of phenolic OH excluding ortho intramolecular Hbond substituents is 1. The highest BCUT2D eigenvalue weighted by molar-refractivity contribution is 9.10. The highest BCUT2D eigenvalue weighted by atomic mass is 79.9. The van der Waals surface area contributed by atoms with Crippen molar-refractivity contribution < 1.29 is 13.5 Å². The van der Waals surface area contributed by atoms with Crippen LogP contribution in [0.3, 0.4) is 0 Å². The van der Waals surface area contributed by atoms with Gasteiger partial charge in [-0.2, -0.15) is 0 Å². The summed E-state index contributed by atoms with van der Waals surface area (Å²) in [5.74, 6) is 0.559. The molecule has 2 aliphatic rings. The Hall–Kier alpha value is -1.83. The van der Waals surface area contributed by atoms with Gasteiger partial charge in [-0.05, 0) is 75.1 Å². The first-order valence-corrected chi connectivity index (χ1v) is 11.9. The second-order valence-corrected chi connectivity index (χ2v) is 11.4. The van der Waals surface area contributed by atoms with Gasteiger partial charge in [-0.15, -0.1) is 0 Å². The largest absolute Gasteiger partial charge is 0.508 e. The molecular weight excluding hydrogens is 452 g/mol. The monoisotopic (exact) mass is 476 g/mol. The lowest BCUT2D eigenvalue weighted by Gasteiger charge is -2.38. The summed E-state index contributed by atoms with van der Waals surface area (Å²) in [6, 6.07) is 10.6. The molecule has 2 aromatic rings. The quantitative estimate of drug-likeness (QED) is 0.541. The minimum atomic E-state index is -3.61. The van der Waals surface area contributed by atoms with Crippen molar-refractivity contribution >= 4 is 31.6 Å². The van der Waals surface area contributed by atoms with E-state index >= 15 is 0 Å². The zero-order valence-corrected chi connectivity index (χ0v) is 19.0. The summed E-state index contributed by atoms with van der Waals surface area (Å²) in [7, 11) is -3.61. The summed E-state index contributed by atoms with van der Waals surface area (Å²) in [5, 5.41) is 14.0. The Morgan fingerprint density at radius 3 is 2.62 bits per heavy atom. The van der Waals surface area contributed by atoms with Gasteiger partial charge in [0.2, 0.25) is 10.0 Å². The number of benzene rings is 2. The molecular formula is C22H25BrN2O3S. The predicted octanol–water partition coefficient (Wildman–Crippen LogP) is 5.06. The fraction of sp³-hybridized carbons (Fsp3) is 0.364. The number of sulfonamides is 1. The van der Waals surface area contributed by atoms with Crippen molar-refractivity contribution in [2.24, 2.45) is 5.92 Å². The van der Waals surface area contributed by atoms with Crippen LogP contribution in [0, 0.1) is 5.92 Å². The highest BCUT2D eigenvalue weighted by Gasteiger charge is 2.39. The number of halogens is 1. The summed E-state index contributed by atoms with van der Waals surface area (Å²) in [5.41, 5.74) is 2.17. The van der Waals surface area contributed by atoms with Gasteiger partial charge in [0.05, 0.1) is 10.9 Å². The Morgan fingerprint density at radius 1 is 1.14 bits per heavy atom.